The summed E-state index contributed by atoms with van der Waals surface area (Å²) in [6.07, 6.45) is 6.56. The van der Waals surface area contributed by atoms with Crippen LogP contribution in [-0.4, -0.2) is 35.9 Å². The van der Waals surface area contributed by atoms with E-state index in [9.17, 15) is 9.90 Å². The molecule has 1 aliphatic rings. The molecule has 0 bridgehead atoms. The average Bonchev–Trinajstić information content (AvgIpc) is 3.37. The van der Waals surface area contributed by atoms with Crippen molar-refractivity contribution in [2.45, 2.75) is 38.5 Å². The molecule has 3 heterocycles. The van der Waals surface area contributed by atoms with E-state index in [0.29, 0.717) is 18.7 Å². The topological polar surface area (TPSA) is 122 Å². The molecule has 0 radical (unpaired) electrons. The van der Waals surface area contributed by atoms with Crippen molar-refractivity contribution in [1.82, 2.24) is 24.8 Å². The van der Waals surface area contributed by atoms with Gasteiger partial charge in [0.2, 0.25) is 0 Å². The molecule has 8 heteroatoms. The van der Waals surface area contributed by atoms with Gasteiger partial charge >= 0.3 is 5.97 Å². The molecule has 1 fully saturated rings. The highest BCUT2D eigenvalue weighted by Gasteiger charge is 2.29. The number of fused-ring (bicyclic) bond motifs is 2. The first-order chi connectivity index (χ1) is 14.0. The van der Waals surface area contributed by atoms with Crippen LogP contribution in [-0.2, 0) is 4.79 Å². The van der Waals surface area contributed by atoms with Crippen molar-refractivity contribution in [3.63, 3.8) is 0 Å². The Kier molecular flexibility index (Phi) is 4.01. The third-order valence-electron chi connectivity index (χ3n) is 6.18. The van der Waals surface area contributed by atoms with Crippen LogP contribution in [0.3, 0.4) is 0 Å². The van der Waals surface area contributed by atoms with Crippen molar-refractivity contribution in [3.8, 4) is 11.1 Å². The Hall–Kier alpha value is -3.42. The summed E-state index contributed by atoms with van der Waals surface area (Å²) < 4.78 is 1.69. The number of benzene rings is 1. The Morgan fingerprint density at radius 2 is 2.03 bits per heavy atom. The molecular formula is C21H22N6O2. The number of nitrogens with one attached hydrogen (secondary N) is 1. The van der Waals surface area contributed by atoms with E-state index in [-0.39, 0.29) is 11.8 Å². The number of hydrogen-bond acceptors (Lipinski definition) is 5. The SMILES string of the molecule is Cc1c(C2CCC(C(=O)O)CC2)nc2c(-c3ccc4[nH]ncc4c3)cnn2c1N. The Labute approximate surface area is 166 Å². The summed E-state index contributed by atoms with van der Waals surface area (Å²) in [6, 6.07) is 6.07. The van der Waals surface area contributed by atoms with Crippen LogP contribution >= 0.6 is 0 Å². The molecule has 5 rings (SSSR count). The molecule has 8 nitrogen and oxygen atoms in total. The number of carboxylic acids is 1. The van der Waals surface area contributed by atoms with Gasteiger partial charge in [0.25, 0.3) is 0 Å². The van der Waals surface area contributed by atoms with E-state index in [1.165, 1.54) is 0 Å². The van der Waals surface area contributed by atoms with Crippen molar-refractivity contribution in [2.75, 3.05) is 5.73 Å². The van der Waals surface area contributed by atoms with Crippen molar-refractivity contribution < 1.29 is 9.90 Å². The maximum Gasteiger partial charge on any atom is 0.306 e. The Balaban J connectivity index is 1.59. The van der Waals surface area contributed by atoms with Crippen molar-refractivity contribution in [3.05, 3.63) is 41.9 Å². The van der Waals surface area contributed by atoms with Crippen LogP contribution in [0, 0.1) is 12.8 Å². The maximum atomic E-state index is 11.3. The molecule has 3 aromatic heterocycles. The molecule has 4 N–H and O–H groups in total. The first kappa shape index (κ1) is 17.7. The van der Waals surface area contributed by atoms with Crippen LogP contribution in [0.1, 0.15) is 42.9 Å². The number of nitrogens with two attached hydrogens (primary N) is 1. The van der Waals surface area contributed by atoms with Gasteiger partial charge in [-0.3, -0.25) is 9.89 Å². The number of hydrogen-bond donors (Lipinski definition) is 3. The molecular weight excluding hydrogens is 368 g/mol. The van der Waals surface area contributed by atoms with E-state index in [2.05, 4.69) is 21.4 Å². The molecule has 1 aliphatic carbocycles. The predicted octanol–water partition coefficient (Wildman–Crippen LogP) is 3.52. The second kappa shape index (κ2) is 6.58. The van der Waals surface area contributed by atoms with Crippen LogP contribution in [0.2, 0.25) is 0 Å². The summed E-state index contributed by atoms with van der Waals surface area (Å²) in [4.78, 5) is 16.3. The molecule has 0 aliphatic heterocycles. The van der Waals surface area contributed by atoms with Crippen LogP contribution in [0.15, 0.2) is 30.6 Å². The van der Waals surface area contributed by atoms with E-state index in [1.54, 1.807) is 16.9 Å². The van der Waals surface area contributed by atoms with E-state index >= 15 is 0 Å². The lowest BCUT2D eigenvalue weighted by molar-refractivity contribution is -0.142. The molecule has 0 unspecified atom stereocenters. The molecule has 1 saturated carbocycles. The van der Waals surface area contributed by atoms with Crippen LogP contribution in [0.25, 0.3) is 27.7 Å². The van der Waals surface area contributed by atoms with Gasteiger partial charge in [-0.05, 0) is 50.3 Å². The fourth-order valence-electron chi connectivity index (χ4n) is 4.44. The number of nitrogens with zero attached hydrogens (tertiary/aromatic N) is 4. The third kappa shape index (κ3) is 2.83. The quantitative estimate of drug-likeness (QED) is 0.492. The zero-order valence-electron chi connectivity index (χ0n) is 16.1. The smallest absolute Gasteiger partial charge is 0.306 e. The lowest BCUT2D eigenvalue weighted by Gasteiger charge is -2.27. The summed E-state index contributed by atoms with van der Waals surface area (Å²) >= 11 is 0. The minimum atomic E-state index is -0.698. The van der Waals surface area contributed by atoms with Crippen LogP contribution in [0.5, 0.6) is 0 Å². The number of aliphatic carboxylic acids is 1. The number of aromatic amines is 1. The summed E-state index contributed by atoms with van der Waals surface area (Å²) in [5, 5.41) is 21.8. The van der Waals surface area contributed by atoms with Crippen molar-refractivity contribution >= 4 is 28.3 Å². The first-order valence-electron chi connectivity index (χ1n) is 9.83. The molecule has 4 aromatic rings. The van der Waals surface area contributed by atoms with Gasteiger partial charge in [0.15, 0.2) is 5.65 Å². The van der Waals surface area contributed by atoms with Crippen LogP contribution in [0.4, 0.5) is 5.82 Å². The van der Waals surface area contributed by atoms with Gasteiger partial charge < -0.3 is 10.8 Å². The number of H-pyrrole nitrogens is 1. The fraction of sp³-hybridized carbons (Fsp3) is 0.333. The number of carboxylic acid groups (broad SMARTS) is 1. The average molecular weight is 390 g/mol. The Morgan fingerprint density at radius 3 is 2.79 bits per heavy atom. The molecule has 148 valence electrons. The van der Waals surface area contributed by atoms with E-state index in [0.717, 1.165) is 51.8 Å². The van der Waals surface area contributed by atoms with Crippen molar-refractivity contribution in [2.24, 2.45) is 5.92 Å². The molecule has 0 atom stereocenters. The van der Waals surface area contributed by atoms with Gasteiger partial charge in [0.05, 0.1) is 29.5 Å². The highest BCUT2D eigenvalue weighted by Crippen LogP contribution is 2.38. The Bertz CT molecular complexity index is 1230. The van der Waals surface area contributed by atoms with Gasteiger partial charge in [-0.1, -0.05) is 6.07 Å². The van der Waals surface area contributed by atoms with Gasteiger partial charge in [-0.25, -0.2) is 4.98 Å². The second-order valence-corrected chi connectivity index (χ2v) is 7.86. The van der Waals surface area contributed by atoms with Gasteiger partial charge in [-0.15, -0.1) is 0 Å². The van der Waals surface area contributed by atoms with Gasteiger partial charge in [-0.2, -0.15) is 14.7 Å². The van der Waals surface area contributed by atoms with Gasteiger partial charge in [0.1, 0.15) is 5.82 Å². The molecule has 1 aromatic carbocycles. The van der Waals surface area contributed by atoms with Crippen molar-refractivity contribution in [1.29, 1.82) is 0 Å². The van der Waals surface area contributed by atoms with E-state index in [4.69, 9.17) is 10.7 Å². The van der Waals surface area contributed by atoms with Crippen LogP contribution < -0.4 is 5.73 Å². The first-order valence-corrected chi connectivity index (χ1v) is 9.83. The standard InChI is InChI=1S/C21H22N6O2/c1-11-18(12-2-4-13(5-3-12)21(28)29)25-20-16(10-24-27(20)19(11)22)14-6-7-17-15(8-14)9-23-26-17/h6-10,12-13H,2-5,22H2,1H3,(H,23,26)(H,28,29). The van der Waals surface area contributed by atoms with E-state index < -0.39 is 5.97 Å². The third-order valence-corrected chi connectivity index (χ3v) is 6.18. The lowest BCUT2D eigenvalue weighted by atomic mass is 9.79. The summed E-state index contributed by atoms with van der Waals surface area (Å²) in [5.74, 6) is -0.145. The minimum Gasteiger partial charge on any atom is -0.481 e. The summed E-state index contributed by atoms with van der Waals surface area (Å²) in [7, 11) is 0. The second-order valence-electron chi connectivity index (χ2n) is 7.86. The molecule has 29 heavy (non-hydrogen) atoms. The van der Waals surface area contributed by atoms with Gasteiger partial charge in [0, 0.05) is 22.4 Å². The normalized spacial score (nSPS) is 19.8. The number of carbonyl (C=O) groups is 1. The Morgan fingerprint density at radius 1 is 1.24 bits per heavy atom. The monoisotopic (exact) mass is 390 g/mol. The highest BCUT2D eigenvalue weighted by molar-refractivity contribution is 5.87. The summed E-state index contributed by atoms with van der Waals surface area (Å²) in [6.45, 7) is 1.97. The zero-order chi connectivity index (χ0) is 20.1. The largest absolute Gasteiger partial charge is 0.481 e. The minimum absolute atomic E-state index is 0.219. The number of anilines is 1. The fourth-order valence-corrected chi connectivity index (χ4v) is 4.44. The number of nitrogen functional groups attached to an aromatic ring is 1. The predicted molar refractivity (Wildman–Crippen MR) is 110 cm³/mol. The number of rotatable bonds is 3. The van der Waals surface area contributed by atoms with E-state index in [1.807, 2.05) is 19.1 Å². The maximum absolute atomic E-state index is 11.3. The lowest BCUT2D eigenvalue weighted by Crippen LogP contribution is -2.22. The molecule has 0 amide bonds. The zero-order valence-corrected chi connectivity index (χ0v) is 16.1. The molecule has 0 saturated heterocycles. The number of aromatic nitrogens is 5. The highest BCUT2D eigenvalue weighted by atomic mass is 16.4. The summed E-state index contributed by atoms with van der Waals surface area (Å²) in [5.41, 5.74) is 11.9. The molecule has 0 spiro atoms.